The predicted molar refractivity (Wildman–Crippen MR) is 84.5 cm³/mol. The number of sulfonamides is 1. The highest BCUT2D eigenvalue weighted by molar-refractivity contribution is 9.10. The van der Waals surface area contributed by atoms with Crippen LogP contribution in [0.25, 0.3) is 0 Å². The number of ether oxygens (including phenoxy) is 1. The molecule has 0 saturated carbocycles. The van der Waals surface area contributed by atoms with E-state index in [4.69, 9.17) is 0 Å². The van der Waals surface area contributed by atoms with Gasteiger partial charge in [0, 0.05) is 10.5 Å². The van der Waals surface area contributed by atoms with Gasteiger partial charge in [-0.2, -0.15) is 12.8 Å². The summed E-state index contributed by atoms with van der Waals surface area (Å²) in [6, 6.07) is 4.74. The van der Waals surface area contributed by atoms with E-state index in [0.717, 1.165) is 19.2 Å². The number of halogens is 4. The zero-order valence-corrected chi connectivity index (χ0v) is 14.6. The van der Waals surface area contributed by atoms with Crippen LogP contribution in [0.3, 0.4) is 0 Å². The molecule has 0 N–H and O–H groups in total. The maximum atomic E-state index is 14.5. The van der Waals surface area contributed by atoms with E-state index < -0.39 is 53.1 Å². The van der Waals surface area contributed by atoms with Gasteiger partial charge in [-0.05, 0) is 24.3 Å². The summed E-state index contributed by atoms with van der Waals surface area (Å²) in [6.45, 7) is 0. The van der Waals surface area contributed by atoms with Crippen LogP contribution in [0.5, 0.6) is 5.75 Å². The summed E-state index contributed by atoms with van der Waals surface area (Å²) in [5, 5.41) is 11.0. The van der Waals surface area contributed by atoms with Gasteiger partial charge in [0.15, 0.2) is 17.3 Å². The molecule has 0 aliphatic carbocycles. The van der Waals surface area contributed by atoms with E-state index in [2.05, 4.69) is 20.7 Å². The smallest absolute Gasteiger partial charge is 0.335 e. The topological polar surface area (TPSA) is 89.8 Å². The number of benzene rings is 2. The third-order valence-corrected chi connectivity index (χ3v) is 5.04. The third kappa shape index (κ3) is 3.39. The van der Waals surface area contributed by atoms with Gasteiger partial charge in [0.25, 0.3) is 10.0 Å². The van der Waals surface area contributed by atoms with Crippen molar-refractivity contribution < 1.29 is 31.3 Å². The number of nitro groups is 1. The highest BCUT2D eigenvalue weighted by Crippen LogP contribution is 2.40. The van der Waals surface area contributed by atoms with Crippen molar-refractivity contribution in [2.45, 2.75) is 4.90 Å². The van der Waals surface area contributed by atoms with E-state index in [1.54, 1.807) is 0 Å². The normalized spacial score (nSPS) is 11.2. The Morgan fingerprint density at radius 2 is 1.80 bits per heavy atom. The molecule has 0 fully saturated rings. The molecule has 0 aliphatic heterocycles. The molecule has 0 amide bonds. The molecule has 0 heterocycles. The second-order valence-electron chi connectivity index (χ2n) is 4.50. The number of anilines is 1. The lowest BCUT2D eigenvalue weighted by molar-refractivity contribution is -0.386. The van der Waals surface area contributed by atoms with E-state index in [-0.39, 0.29) is 6.07 Å². The van der Waals surface area contributed by atoms with Gasteiger partial charge in [0.05, 0.1) is 16.9 Å². The first-order valence-corrected chi connectivity index (χ1v) is 8.51. The fourth-order valence-corrected chi connectivity index (χ4v) is 3.23. The molecule has 0 spiro atoms. The molecule has 2 rings (SSSR count). The van der Waals surface area contributed by atoms with E-state index in [1.165, 1.54) is 12.1 Å². The third-order valence-electron chi connectivity index (χ3n) is 3.03. The van der Waals surface area contributed by atoms with Gasteiger partial charge < -0.3 is 4.74 Å². The van der Waals surface area contributed by atoms with Crippen LogP contribution in [-0.4, -0.2) is 20.5 Å². The lowest BCUT2D eigenvalue weighted by Gasteiger charge is -2.16. The van der Waals surface area contributed by atoms with Gasteiger partial charge in [-0.25, -0.2) is 4.39 Å². The number of methoxy groups -OCH3 is 1. The predicted octanol–water partition coefficient (Wildman–Crippen LogP) is 3.72. The summed E-state index contributed by atoms with van der Waals surface area (Å²) >= 11 is 3.06. The fraction of sp³-hybridized carbons (Fsp3) is 0.0769. The second kappa shape index (κ2) is 6.88. The van der Waals surface area contributed by atoms with E-state index in [9.17, 15) is 31.8 Å². The molecule has 0 atom stereocenters. The fourth-order valence-electron chi connectivity index (χ4n) is 1.90. The van der Waals surface area contributed by atoms with Gasteiger partial charge in [-0.3, -0.25) is 10.1 Å². The minimum absolute atomic E-state index is 0.163. The summed E-state index contributed by atoms with van der Waals surface area (Å²) in [4.78, 5) is 9.07. The standard InChI is InChI=1S/C13H8BrF3N2O5S/c1-24-13-9(15)6-10(12(11(13)16)19(20)21)18(17)25(22,23)8-4-2-7(14)3-5-8/h2-6H,1H3. The van der Waals surface area contributed by atoms with Crippen molar-refractivity contribution in [3.8, 4) is 5.75 Å². The molecule has 0 aliphatic rings. The van der Waals surface area contributed by atoms with E-state index in [0.29, 0.717) is 4.47 Å². The number of nitrogens with zero attached hydrogens (tertiary/aromatic N) is 2. The van der Waals surface area contributed by atoms with Crippen molar-refractivity contribution in [1.29, 1.82) is 0 Å². The molecular weight excluding hydrogens is 433 g/mol. The van der Waals surface area contributed by atoms with Crippen molar-refractivity contribution in [1.82, 2.24) is 0 Å². The highest BCUT2D eigenvalue weighted by atomic mass is 79.9. The molecule has 25 heavy (non-hydrogen) atoms. The van der Waals surface area contributed by atoms with Gasteiger partial charge >= 0.3 is 5.69 Å². The average Bonchev–Trinajstić information content (AvgIpc) is 2.53. The largest absolute Gasteiger partial charge is 0.491 e. The molecule has 2 aromatic carbocycles. The molecule has 0 unspecified atom stereocenters. The molecular formula is C13H8BrF3N2O5S. The van der Waals surface area contributed by atoms with Gasteiger partial charge in [0.1, 0.15) is 0 Å². The zero-order chi connectivity index (χ0) is 18.9. The van der Waals surface area contributed by atoms with Crippen LogP contribution >= 0.6 is 15.9 Å². The number of hydrogen-bond donors (Lipinski definition) is 0. The Morgan fingerprint density at radius 3 is 2.28 bits per heavy atom. The molecule has 0 aromatic heterocycles. The van der Waals surface area contributed by atoms with Crippen LogP contribution < -0.4 is 9.26 Å². The Labute approximate surface area is 147 Å². The second-order valence-corrected chi connectivity index (χ2v) is 7.16. The first kappa shape index (κ1) is 19.0. The molecule has 12 heteroatoms. The molecule has 2 aromatic rings. The number of nitro benzene ring substituents is 1. The van der Waals surface area contributed by atoms with Gasteiger partial charge in [-0.1, -0.05) is 24.9 Å². The van der Waals surface area contributed by atoms with Crippen LogP contribution in [0.15, 0.2) is 39.7 Å². The van der Waals surface area contributed by atoms with Gasteiger partial charge in [0.2, 0.25) is 5.82 Å². The summed E-state index contributed by atoms with van der Waals surface area (Å²) in [5.41, 5.74) is -3.01. The Bertz CT molecular complexity index is 938. The molecule has 0 radical (unpaired) electrons. The maximum absolute atomic E-state index is 14.5. The lowest BCUT2D eigenvalue weighted by atomic mass is 10.2. The minimum Gasteiger partial charge on any atom is -0.491 e. The van der Waals surface area contributed by atoms with Crippen molar-refractivity contribution in [2.24, 2.45) is 0 Å². The molecule has 7 nitrogen and oxygen atoms in total. The van der Waals surface area contributed by atoms with Crippen LogP contribution in [0.1, 0.15) is 0 Å². The quantitative estimate of drug-likeness (QED) is 0.401. The highest BCUT2D eigenvalue weighted by Gasteiger charge is 2.37. The molecule has 134 valence electrons. The van der Waals surface area contributed by atoms with Crippen LogP contribution in [0.4, 0.5) is 24.6 Å². The summed E-state index contributed by atoms with van der Waals surface area (Å²) in [5.74, 6) is -4.48. The lowest BCUT2D eigenvalue weighted by Crippen LogP contribution is -2.24. The van der Waals surface area contributed by atoms with Crippen LogP contribution in [0, 0.1) is 21.7 Å². The first-order valence-electron chi connectivity index (χ1n) is 6.28. The minimum atomic E-state index is -4.95. The monoisotopic (exact) mass is 440 g/mol. The first-order chi connectivity index (χ1) is 11.6. The molecule has 0 saturated heterocycles. The summed E-state index contributed by atoms with van der Waals surface area (Å²) in [7, 11) is -4.11. The van der Waals surface area contributed by atoms with E-state index in [1.807, 2.05) is 0 Å². The van der Waals surface area contributed by atoms with Crippen LogP contribution in [0.2, 0.25) is 0 Å². The van der Waals surface area contributed by atoms with Crippen molar-refractivity contribution in [3.63, 3.8) is 0 Å². The Hall–Kier alpha value is -2.34. The Kier molecular flexibility index (Phi) is 5.23. The Balaban J connectivity index is 2.68. The number of hydrogen-bond acceptors (Lipinski definition) is 5. The van der Waals surface area contributed by atoms with Crippen molar-refractivity contribution in [2.75, 3.05) is 11.6 Å². The summed E-state index contributed by atoms with van der Waals surface area (Å²) in [6.07, 6.45) is 0. The van der Waals surface area contributed by atoms with Crippen molar-refractivity contribution in [3.05, 3.63) is 56.6 Å². The maximum Gasteiger partial charge on any atom is 0.335 e. The molecule has 0 bridgehead atoms. The Morgan fingerprint density at radius 1 is 1.24 bits per heavy atom. The SMILES string of the molecule is COc1c(F)cc(N(F)S(=O)(=O)c2ccc(Br)cc2)c([N+](=O)[O-])c1F. The van der Waals surface area contributed by atoms with E-state index >= 15 is 0 Å². The zero-order valence-electron chi connectivity index (χ0n) is 12.2. The van der Waals surface area contributed by atoms with Gasteiger partial charge in [-0.15, -0.1) is 0 Å². The van der Waals surface area contributed by atoms with Crippen LogP contribution in [-0.2, 0) is 10.0 Å². The number of rotatable bonds is 5. The summed E-state index contributed by atoms with van der Waals surface area (Å²) < 4.78 is 70.5. The van der Waals surface area contributed by atoms with Crippen molar-refractivity contribution >= 4 is 37.3 Å². The average molecular weight is 441 g/mol.